The first-order valence-corrected chi connectivity index (χ1v) is 14.6. The Morgan fingerprint density at radius 3 is 1.93 bits per heavy atom. The van der Waals surface area contributed by atoms with E-state index in [0.717, 1.165) is 44.5 Å². The maximum absolute atomic E-state index is 5.34. The standard InChI is InChI=1S/C40H25N3/c1-2-11-29(12-3-1)43-35-17-9-7-15-33(35)37-36(43)23-22-32-31-14-6-8-16-34(31)42-40(38(32)37)28-20-18-27(19-21-28)39-30-13-5-4-10-26(30)24-25-41-39/h1-25H. The number of para-hydroxylation sites is 3. The molecule has 0 atom stereocenters. The zero-order valence-electron chi connectivity index (χ0n) is 23.3. The Morgan fingerprint density at radius 2 is 1.09 bits per heavy atom. The van der Waals surface area contributed by atoms with Crippen molar-refractivity contribution in [1.29, 1.82) is 0 Å². The van der Waals surface area contributed by atoms with E-state index in [-0.39, 0.29) is 0 Å². The van der Waals surface area contributed by atoms with E-state index in [1.165, 1.54) is 38.0 Å². The Labute approximate surface area is 248 Å². The van der Waals surface area contributed by atoms with Crippen LogP contribution in [0.3, 0.4) is 0 Å². The third-order valence-corrected chi connectivity index (χ3v) is 8.62. The molecule has 9 rings (SSSR count). The Balaban J connectivity index is 1.36. The quantitative estimate of drug-likeness (QED) is 0.206. The van der Waals surface area contributed by atoms with Gasteiger partial charge in [-0.05, 0) is 47.2 Å². The Hall–Kier alpha value is -5.80. The lowest BCUT2D eigenvalue weighted by Gasteiger charge is -2.13. The number of nitrogens with zero attached hydrogens (tertiary/aromatic N) is 3. The van der Waals surface area contributed by atoms with Crippen molar-refractivity contribution in [3.8, 4) is 28.2 Å². The normalized spacial score (nSPS) is 11.7. The number of fused-ring (bicyclic) bond motifs is 8. The van der Waals surface area contributed by atoms with Crippen molar-refractivity contribution in [3.63, 3.8) is 0 Å². The number of benzene rings is 6. The van der Waals surface area contributed by atoms with Gasteiger partial charge in [0.05, 0.1) is 27.9 Å². The lowest BCUT2D eigenvalue weighted by molar-refractivity contribution is 1.18. The van der Waals surface area contributed by atoms with Crippen LogP contribution in [0.15, 0.2) is 152 Å². The molecule has 6 aromatic carbocycles. The predicted molar refractivity (Wildman–Crippen MR) is 180 cm³/mol. The molecule has 0 bridgehead atoms. The van der Waals surface area contributed by atoms with Gasteiger partial charge in [0.1, 0.15) is 0 Å². The van der Waals surface area contributed by atoms with Gasteiger partial charge in [-0.25, -0.2) is 4.98 Å². The van der Waals surface area contributed by atoms with Crippen LogP contribution in [0.25, 0.3) is 82.5 Å². The molecule has 0 aliphatic heterocycles. The van der Waals surface area contributed by atoms with E-state index in [1.54, 1.807) is 0 Å². The lowest BCUT2D eigenvalue weighted by atomic mass is 9.95. The van der Waals surface area contributed by atoms with E-state index in [0.29, 0.717) is 0 Å². The number of rotatable bonds is 3. The summed E-state index contributed by atoms with van der Waals surface area (Å²) < 4.78 is 2.37. The first-order valence-electron chi connectivity index (χ1n) is 14.6. The molecule has 3 nitrogen and oxygen atoms in total. The third-order valence-electron chi connectivity index (χ3n) is 8.62. The number of aromatic nitrogens is 3. The Bertz CT molecular complexity index is 2480. The second-order valence-corrected chi connectivity index (χ2v) is 11.0. The van der Waals surface area contributed by atoms with Crippen LogP contribution in [-0.4, -0.2) is 14.5 Å². The van der Waals surface area contributed by atoms with Crippen molar-refractivity contribution in [2.24, 2.45) is 0 Å². The molecule has 200 valence electrons. The highest BCUT2D eigenvalue weighted by Crippen LogP contribution is 2.42. The first kappa shape index (κ1) is 23.9. The van der Waals surface area contributed by atoms with Gasteiger partial charge in [0.15, 0.2) is 0 Å². The van der Waals surface area contributed by atoms with Crippen LogP contribution in [0.2, 0.25) is 0 Å². The van der Waals surface area contributed by atoms with Crippen LogP contribution < -0.4 is 0 Å². The van der Waals surface area contributed by atoms with Gasteiger partial charge in [0.25, 0.3) is 0 Å². The number of hydrogen-bond donors (Lipinski definition) is 0. The van der Waals surface area contributed by atoms with Crippen LogP contribution in [0.1, 0.15) is 0 Å². The summed E-state index contributed by atoms with van der Waals surface area (Å²) >= 11 is 0. The van der Waals surface area contributed by atoms with Gasteiger partial charge >= 0.3 is 0 Å². The maximum Gasteiger partial charge on any atom is 0.0795 e. The maximum atomic E-state index is 5.34. The molecule has 0 aliphatic carbocycles. The highest BCUT2D eigenvalue weighted by atomic mass is 15.0. The van der Waals surface area contributed by atoms with Crippen molar-refractivity contribution in [1.82, 2.24) is 14.5 Å². The molecule has 9 aromatic rings. The van der Waals surface area contributed by atoms with Gasteiger partial charge in [-0.2, -0.15) is 0 Å². The molecule has 0 saturated carbocycles. The molecular formula is C40H25N3. The summed E-state index contributed by atoms with van der Waals surface area (Å²) in [4.78, 5) is 10.1. The van der Waals surface area contributed by atoms with Gasteiger partial charge in [0, 0.05) is 49.9 Å². The fraction of sp³-hybridized carbons (Fsp3) is 0. The van der Waals surface area contributed by atoms with E-state index in [4.69, 9.17) is 9.97 Å². The summed E-state index contributed by atoms with van der Waals surface area (Å²) in [6, 6.07) is 51.6. The zero-order chi connectivity index (χ0) is 28.3. The number of pyridine rings is 2. The molecule has 0 fully saturated rings. The summed E-state index contributed by atoms with van der Waals surface area (Å²) in [5.41, 5.74) is 8.68. The van der Waals surface area contributed by atoms with Crippen molar-refractivity contribution >= 4 is 54.3 Å². The minimum Gasteiger partial charge on any atom is -0.309 e. The fourth-order valence-electron chi connectivity index (χ4n) is 6.71. The summed E-state index contributed by atoms with van der Waals surface area (Å²) in [5.74, 6) is 0. The summed E-state index contributed by atoms with van der Waals surface area (Å²) in [6.07, 6.45) is 1.89. The van der Waals surface area contributed by atoms with E-state index >= 15 is 0 Å². The van der Waals surface area contributed by atoms with Crippen LogP contribution in [0, 0.1) is 0 Å². The molecule has 3 heteroatoms. The molecule has 0 radical (unpaired) electrons. The molecular weight excluding hydrogens is 522 g/mol. The molecule has 0 saturated heterocycles. The van der Waals surface area contributed by atoms with Crippen molar-refractivity contribution in [2.45, 2.75) is 0 Å². The molecule has 3 aromatic heterocycles. The summed E-state index contributed by atoms with van der Waals surface area (Å²) in [6.45, 7) is 0. The predicted octanol–water partition coefficient (Wildman–Crippen LogP) is 10.4. The zero-order valence-corrected chi connectivity index (χ0v) is 23.3. The molecule has 0 aliphatic rings. The summed E-state index contributed by atoms with van der Waals surface area (Å²) in [7, 11) is 0. The highest BCUT2D eigenvalue weighted by molar-refractivity contribution is 6.28. The van der Waals surface area contributed by atoms with Crippen LogP contribution in [0.4, 0.5) is 0 Å². The van der Waals surface area contributed by atoms with Crippen molar-refractivity contribution in [3.05, 3.63) is 152 Å². The van der Waals surface area contributed by atoms with Gasteiger partial charge in [0.2, 0.25) is 0 Å². The van der Waals surface area contributed by atoms with Gasteiger partial charge < -0.3 is 4.57 Å². The number of hydrogen-bond acceptors (Lipinski definition) is 2. The Morgan fingerprint density at radius 1 is 0.419 bits per heavy atom. The van der Waals surface area contributed by atoms with Gasteiger partial charge in [-0.15, -0.1) is 0 Å². The minimum atomic E-state index is 0.993. The molecule has 0 unspecified atom stereocenters. The topological polar surface area (TPSA) is 30.7 Å². The molecule has 0 N–H and O–H groups in total. The van der Waals surface area contributed by atoms with E-state index in [2.05, 4.69) is 150 Å². The second-order valence-electron chi connectivity index (χ2n) is 11.0. The van der Waals surface area contributed by atoms with Gasteiger partial charge in [-0.3, -0.25) is 4.98 Å². The fourth-order valence-corrected chi connectivity index (χ4v) is 6.71. The van der Waals surface area contributed by atoms with E-state index in [9.17, 15) is 0 Å². The molecule has 3 heterocycles. The largest absolute Gasteiger partial charge is 0.309 e. The monoisotopic (exact) mass is 547 g/mol. The second kappa shape index (κ2) is 9.37. The average Bonchev–Trinajstić information content (AvgIpc) is 3.43. The smallest absolute Gasteiger partial charge is 0.0795 e. The van der Waals surface area contributed by atoms with Crippen molar-refractivity contribution < 1.29 is 0 Å². The van der Waals surface area contributed by atoms with E-state index < -0.39 is 0 Å². The molecule has 0 spiro atoms. The highest BCUT2D eigenvalue weighted by Gasteiger charge is 2.19. The van der Waals surface area contributed by atoms with Crippen LogP contribution in [0.5, 0.6) is 0 Å². The van der Waals surface area contributed by atoms with Gasteiger partial charge in [-0.1, -0.05) is 109 Å². The van der Waals surface area contributed by atoms with Crippen molar-refractivity contribution in [2.75, 3.05) is 0 Å². The average molecular weight is 548 g/mol. The lowest BCUT2D eigenvalue weighted by Crippen LogP contribution is -1.94. The van der Waals surface area contributed by atoms with Crippen LogP contribution in [-0.2, 0) is 0 Å². The minimum absolute atomic E-state index is 0.993. The first-order chi connectivity index (χ1) is 21.3. The Kier molecular flexibility index (Phi) is 5.20. The molecule has 0 amide bonds. The summed E-state index contributed by atoms with van der Waals surface area (Å²) in [5, 5.41) is 8.35. The SMILES string of the molecule is c1ccc(-n2c3ccccc3c3c4c(-c5ccc(-c6nccc7ccccc67)cc5)nc5ccccc5c4ccc32)cc1. The third kappa shape index (κ3) is 3.62. The van der Waals surface area contributed by atoms with Crippen LogP contribution >= 0.6 is 0 Å². The van der Waals surface area contributed by atoms with E-state index in [1.807, 2.05) is 6.20 Å². The molecule has 43 heavy (non-hydrogen) atoms.